The van der Waals surface area contributed by atoms with Crippen LogP contribution in [0.4, 0.5) is 11.4 Å². The van der Waals surface area contributed by atoms with Crippen LogP contribution >= 0.6 is 0 Å². The topological polar surface area (TPSA) is 76.8 Å². The van der Waals surface area contributed by atoms with Crippen molar-refractivity contribution in [1.29, 1.82) is 5.53 Å². The van der Waals surface area contributed by atoms with Crippen LogP contribution in [-0.4, -0.2) is 25.2 Å². The molecule has 0 heterocycles. The second kappa shape index (κ2) is 3.87. The zero-order chi connectivity index (χ0) is 10.7. The Labute approximate surface area is 81.5 Å². The molecule has 0 aromatic heterocycles. The molecule has 1 aromatic carbocycles. The number of aromatic carboxylic acids is 1. The van der Waals surface area contributed by atoms with E-state index in [9.17, 15) is 4.79 Å². The first-order chi connectivity index (χ1) is 6.56. The summed E-state index contributed by atoms with van der Waals surface area (Å²) in [5.41, 5.74) is 7.79. The van der Waals surface area contributed by atoms with Gasteiger partial charge in [-0.15, -0.1) is 0 Å². The molecule has 0 spiro atoms. The van der Waals surface area contributed by atoms with E-state index in [1.165, 1.54) is 12.1 Å². The molecule has 0 unspecified atom stereocenters. The Balaban J connectivity index is 3.27. The summed E-state index contributed by atoms with van der Waals surface area (Å²) in [6, 6.07) is 4.74. The van der Waals surface area contributed by atoms with Gasteiger partial charge < -0.3 is 10.0 Å². The number of carboxylic acids is 1. The molecule has 0 bridgehead atoms. The molecule has 5 nitrogen and oxygen atoms in total. The molecule has 0 radical (unpaired) electrons. The highest BCUT2D eigenvalue weighted by Gasteiger charge is 2.10. The minimum absolute atomic E-state index is 0.0474. The molecule has 0 saturated carbocycles. The maximum absolute atomic E-state index is 10.8. The van der Waals surface area contributed by atoms with Crippen molar-refractivity contribution in [2.45, 2.75) is 0 Å². The van der Waals surface area contributed by atoms with Crippen LogP contribution in [-0.2, 0) is 0 Å². The van der Waals surface area contributed by atoms with E-state index >= 15 is 0 Å². The third-order valence-electron chi connectivity index (χ3n) is 1.85. The van der Waals surface area contributed by atoms with Crippen LogP contribution in [0.2, 0.25) is 0 Å². The highest BCUT2D eigenvalue weighted by atomic mass is 16.4. The SMILES string of the molecule is CN(C)c1ccc(N=N)c(C(=O)O)c1. The van der Waals surface area contributed by atoms with Gasteiger partial charge >= 0.3 is 5.97 Å². The van der Waals surface area contributed by atoms with Crippen molar-refractivity contribution >= 4 is 17.3 Å². The molecule has 0 aliphatic rings. The molecule has 0 fully saturated rings. The average molecular weight is 193 g/mol. The third kappa shape index (κ3) is 1.87. The van der Waals surface area contributed by atoms with E-state index < -0.39 is 5.97 Å². The summed E-state index contributed by atoms with van der Waals surface area (Å²) in [5.74, 6) is -1.07. The number of nitrogens with one attached hydrogen (secondary N) is 1. The molecule has 74 valence electrons. The summed E-state index contributed by atoms with van der Waals surface area (Å²) in [6.45, 7) is 0. The predicted molar refractivity (Wildman–Crippen MR) is 52.5 cm³/mol. The van der Waals surface area contributed by atoms with Gasteiger partial charge in [0.05, 0.1) is 11.3 Å². The van der Waals surface area contributed by atoms with Gasteiger partial charge in [-0.1, -0.05) is 0 Å². The van der Waals surface area contributed by atoms with E-state index in [2.05, 4.69) is 5.11 Å². The fourth-order valence-electron chi connectivity index (χ4n) is 1.07. The van der Waals surface area contributed by atoms with Gasteiger partial charge in [0.1, 0.15) is 0 Å². The van der Waals surface area contributed by atoms with E-state index in [4.69, 9.17) is 10.6 Å². The fourth-order valence-corrected chi connectivity index (χ4v) is 1.07. The van der Waals surface area contributed by atoms with Crippen LogP contribution in [0.1, 0.15) is 10.4 Å². The van der Waals surface area contributed by atoms with E-state index in [1.54, 1.807) is 11.0 Å². The summed E-state index contributed by atoms with van der Waals surface area (Å²) >= 11 is 0. The van der Waals surface area contributed by atoms with Gasteiger partial charge in [-0.3, -0.25) is 0 Å². The number of carbonyl (C=O) groups is 1. The van der Waals surface area contributed by atoms with Crippen molar-refractivity contribution in [2.24, 2.45) is 5.11 Å². The number of rotatable bonds is 3. The zero-order valence-corrected chi connectivity index (χ0v) is 7.98. The van der Waals surface area contributed by atoms with Crippen molar-refractivity contribution in [3.8, 4) is 0 Å². The zero-order valence-electron chi connectivity index (χ0n) is 7.98. The number of benzene rings is 1. The molecule has 5 heteroatoms. The molecule has 0 aliphatic heterocycles. The number of hydrogen-bond donors (Lipinski definition) is 2. The monoisotopic (exact) mass is 193 g/mol. The molecular formula is C9H11N3O2. The summed E-state index contributed by atoms with van der Waals surface area (Å²) in [5, 5.41) is 12.0. The maximum Gasteiger partial charge on any atom is 0.338 e. The molecule has 0 amide bonds. The predicted octanol–water partition coefficient (Wildman–Crippen LogP) is 2.11. The lowest BCUT2D eigenvalue weighted by Crippen LogP contribution is -2.09. The van der Waals surface area contributed by atoms with Crippen LogP contribution in [0, 0.1) is 5.53 Å². The van der Waals surface area contributed by atoms with Gasteiger partial charge in [0.2, 0.25) is 0 Å². The van der Waals surface area contributed by atoms with Crippen molar-refractivity contribution in [3.05, 3.63) is 23.8 Å². The quantitative estimate of drug-likeness (QED) is 0.722. The lowest BCUT2D eigenvalue weighted by atomic mass is 10.1. The Kier molecular flexibility index (Phi) is 2.81. The van der Waals surface area contributed by atoms with Gasteiger partial charge in [0.15, 0.2) is 0 Å². The Morgan fingerprint density at radius 2 is 2.14 bits per heavy atom. The van der Waals surface area contributed by atoms with E-state index in [0.29, 0.717) is 0 Å². The first-order valence-electron chi connectivity index (χ1n) is 3.98. The lowest BCUT2D eigenvalue weighted by Gasteiger charge is -2.13. The van der Waals surface area contributed by atoms with Gasteiger partial charge in [0.25, 0.3) is 0 Å². The van der Waals surface area contributed by atoms with Gasteiger partial charge in [-0.25, -0.2) is 10.3 Å². The van der Waals surface area contributed by atoms with E-state index in [0.717, 1.165) is 5.69 Å². The fraction of sp³-hybridized carbons (Fsp3) is 0.222. The normalized spacial score (nSPS) is 9.57. The van der Waals surface area contributed by atoms with Crippen LogP contribution in [0.25, 0.3) is 0 Å². The minimum Gasteiger partial charge on any atom is -0.478 e. The number of hydrogen-bond acceptors (Lipinski definition) is 4. The van der Waals surface area contributed by atoms with Crippen LogP contribution < -0.4 is 4.90 Å². The van der Waals surface area contributed by atoms with E-state index in [1.807, 2.05) is 14.1 Å². The highest BCUT2D eigenvalue weighted by molar-refractivity contribution is 5.94. The molecule has 0 atom stereocenters. The molecule has 1 rings (SSSR count). The molecular weight excluding hydrogens is 182 g/mol. The standard InChI is InChI=1S/C9H11N3O2/c1-12(2)6-3-4-8(11-10)7(5-6)9(13)14/h3-5,10H,1-2H3,(H,13,14). The number of carboxylic acid groups (broad SMARTS) is 1. The molecule has 0 saturated heterocycles. The first kappa shape index (κ1) is 10.2. The van der Waals surface area contributed by atoms with Crippen molar-refractivity contribution in [2.75, 3.05) is 19.0 Å². The summed E-state index contributed by atoms with van der Waals surface area (Å²) in [7, 11) is 3.64. The van der Waals surface area contributed by atoms with Gasteiger partial charge in [0, 0.05) is 19.8 Å². The molecule has 0 aliphatic carbocycles. The van der Waals surface area contributed by atoms with Crippen molar-refractivity contribution in [3.63, 3.8) is 0 Å². The second-order valence-corrected chi connectivity index (χ2v) is 3.01. The second-order valence-electron chi connectivity index (χ2n) is 3.01. The van der Waals surface area contributed by atoms with Gasteiger partial charge in [-0.2, -0.15) is 5.11 Å². The Morgan fingerprint density at radius 3 is 2.57 bits per heavy atom. The Hall–Kier alpha value is -1.91. The largest absolute Gasteiger partial charge is 0.478 e. The molecule has 14 heavy (non-hydrogen) atoms. The highest BCUT2D eigenvalue weighted by Crippen LogP contribution is 2.24. The summed E-state index contributed by atoms with van der Waals surface area (Å²) in [4.78, 5) is 12.6. The minimum atomic E-state index is -1.07. The first-order valence-corrected chi connectivity index (χ1v) is 3.98. The van der Waals surface area contributed by atoms with Crippen LogP contribution in [0.15, 0.2) is 23.3 Å². The molecule has 1 aromatic rings. The van der Waals surface area contributed by atoms with Crippen LogP contribution in [0.3, 0.4) is 0 Å². The number of anilines is 1. The maximum atomic E-state index is 10.8. The van der Waals surface area contributed by atoms with E-state index in [-0.39, 0.29) is 11.3 Å². The summed E-state index contributed by atoms with van der Waals surface area (Å²) < 4.78 is 0. The average Bonchev–Trinajstić information content (AvgIpc) is 2.16. The van der Waals surface area contributed by atoms with Crippen molar-refractivity contribution < 1.29 is 9.90 Å². The lowest BCUT2D eigenvalue weighted by molar-refractivity contribution is 0.0697. The van der Waals surface area contributed by atoms with Crippen LogP contribution in [0.5, 0.6) is 0 Å². The smallest absolute Gasteiger partial charge is 0.338 e. The molecule has 2 N–H and O–H groups in total. The van der Waals surface area contributed by atoms with Gasteiger partial charge in [-0.05, 0) is 18.2 Å². The Bertz CT molecular complexity index is 374. The third-order valence-corrected chi connectivity index (χ3v) is 1.85. The Morgan fingerprint density at radius 1 is 1.50 bits per heavy atom. The van der Waals surface area contributed by atoms with Crippen molar-refractivity contribution in [1.82, 2.24) is 0 Å². The number of nitrogens with zero attached hydrogens (tertiary/aromatic N) is 2. The summed E-state index contributed by atoms with van der Waals surface area (Å²) in [6.07, 6.45) is 0.